The Morgan fingerprint density at radius 1 is 1.05 bits per heavy atom. The summed E-state index contributed by atoms with van der Waals surface area (Å²) in [5.74, 6) is 0.599. The number of rotatable bonds is 3. The maximum atomic E-state index is 6.18. The zero-order valence-electron chi connectivity index (χ0n) is 13.3. The topological polar surface area (TPSA) is 21.7 Å². The van der Waals surface area contributed by atoms with Crippen LogP contribution in [-0.2, 0) is 9.47 Å². The molecule has 0 aliphatic carbocycles. The fourth-order valence-corrected chi connectivity index (χ4v) is 3.83. The lowest BCUT2D eigenvalue weighted by Gasteiger charge is -2.48. The molecule has 21 heavy (non-hydrogen) atoms. The monoisotopic (exact) mass is 289 g/mol. The molecule has 1 aromatic rings. The number of ether oxygens (including phenoxy) is 2. The molecule has 2 aliphatic heterocycles. The van der Waals surface area contributed by atoms with Gasteiger partial charge in [0.1, 0.15) is 0 Å². The van der Waals surface area contributed by atoms with Gasteiger partial charge in [0, 0.05) is 45.2 Å². The smallest absolute Gasteiger partial charge is 0.0853 e. The molecule has 0 amide bonds. The third kappa shape index (κ3) is 3.31. The number of hydrogen-bond donors (Lipinski definition) is 0. The summed E-state index contributed by atoms with van der Waals surface area (Å²) in [6, 6.07) is 11.4. The van der Waals surface area contributed by atoms with Crippen molar-refractivity contribution in [3.05, 3.63) is 35.9 Å². The normalized spacial score (nSPS) is 24.3. The zero-order chi connectivity index (χ0) is 14.7. The quantitative estimate of drug-likeness (QED) is 0.852. The van der Waals surface area contributed by atoms with E-state index in [0.717, 1.165) is 45.8 Å². The minimum atomic E-state index is 0.0262. The lowest BCUT2D eigenvalue weighted by Crippen LogP contribution is -2.55. The van der Waals surface area contributed by atoms with Crippen LogP contribution in [0.25, 0.3) is 0 Å². The van der Waals surface area contributed by atoms with Crippen molar-refractivity contribution in [2.24, 2.45) is 5.92 Å². The first kappa shape index (κ1) is 15.0. The van der Waals surface area contributed by atoms with Crippen molar-refractivity contribution in [2.75, 3.05) is 32.9 Å². The van der Waals surface area contributed by atoms with Gasteiger partial charge < -0.3 is 9.47 Å². The van der Waals surface area contributed by atoms with Gasteiger partial charge in [0.25, 0.3) is 0 Å². The Labute approximate surface area is 128 Å². The number of hydrogen-bond acceptors (Lipinski definition) is 3. The molecule has 2 saturated heterocycles. The molecular weight excluding hydrogens is 262 g/mol. The standard InChI is InChI=1S/C18H27NO2/c1-15(2)17(16-6-4-3-5-7-16)19-10-13-21-18(14-19)8-11-20-12-9-18/h3-7,15,17H,8-14H2,1-2H3. The second-order valence-corrected chi connectivity index (χ2v) is 6.71. The average Bonchev–Trinajstić information content (AvgIpc) is 2.49. The molecule has 0 aromatic heterocycles. The van der Waals surface area contributed by atoms with Crippen LogP contribution >= 0.6 is 0 Å². The van der Waals surface area contributed by atoms with Crippen LogP contribution in [0.15, 0.2) is 30.3 Å². The molecule has 2 fully saturated rings. The van der Waals surface area contributed by atoms with E-state index in [2.05, 4.69) is 49.1 Å². The molecule has 2 aliphatic rings. The molecule has 0 saturated carbocycles. The van der Waals surface area contributed by atoms with Crippen molar-refractivity contribution < 1.29 is 9.47 Å². The molecular formula is C18H27NO2. The molecule has 0 bridgehead atoms. The Morgan fingerprint density at radius 2 is 1.76 bits per heavy atom. The van der Waals surface area contributed by atoms with Gasteiger partial charge in [0.15, 0.2) is 0 Å². The number of morpholine rings is 1. The van der Waals surface area contributed by atoms with Crippen molar-refractivity contribution in [3.63, 3.8) is 0 Å². The molecule has 3 rings (SSSR count). The molecule has 0 N–H and O–H groups in total. The van der Waals surface area contributed by atoms with Crippen LogP contribution in [0.4, 0.5) is 0 Å². The summed E-state index contributed by atoms with van der Waals surface area (Å²) in [5.41, 5.74) is 1.45. The van der Waals surface area contributed by atoms with Gasteiger partial charge in [0.05, 0.1) is 12.2 Å². The molecule has 116 valence electrons. The predicted molar refractivity (Wildman–Crippen MR) is 84.3 cm³/mol. The Bertz CT molecular complexity index is 434. The van der Waals surface area contributed by atoms with E-state index in [0.29, 0.717) is 12.0 Å². The molecule has 3 heteroatoms. The Kier molecular flexibility index (Phi) is 4.63. The summed E-state index contributed by atoms with van der Waals surface area (Å²) >= 11 is 0. The molecule has 2 heterocycles. The van der Waals surface area contributed by atoms with Gasteiger partial charge >= 0.3 is 0 Å². The minimum absolute atomic E-state index is 0.0262. The van der Waals surface area contributed by atoms with Crippen molar-refractivity contribution >= 4 is 0 Å². The first-order valence-electron chi connectivity index (χ1n) is 8.21. The molecule has 1 unspecified atom stereocenters. The van der Waals surface area contributed by atoms with Crippen LogP contribution in [0, 0.1) is 5.92 Å². The second kappa shape index (κ2) is 6.47. The van der Waals surface area contributed by atoms with Gasteiger partial charge in [-0.2, -0.15) is 0 Å². The summed E-state index contributed by atoms with van der Waals surface area (Å²) in [6.45, 7) is 9.23. The van der Waals surface area contributed by atoms with Crippen LogP contribution in [0.5, 0.6) is 0 Å². The van der Waals surface area contributed by atoms with Crippen molar-refractivity contribution in [2.45, 2.75) is 38.3 Å². The second-order valence-electron chi connectivity index (χ2n) is 6.71. The van der Waals surface area contributed by atoms with Crippen molar-refractivity contribution in [3.8, 4) is 0 Å². The molecule has 0 radical (unpaired) electrons. The van der Waals surface area contributed by atoms with Crippen LogP contribution in [-0.4, -0.2) is 43.4 Å². The maximum absolute atomic E-state index is 6.18. The molecule has 1 aromatic carbocycles. The van der Waals surface area contributed by atoms with E-state index >= 15 is 0 Å². The number of benzene rings is 1. The van der Waals surface area contributed by atoms with E-state index in [1.807, 2.05) is 0 Å². The third-order valence-corrected chi connectivity index (χ3v) is 4.85. The Morgan fingerprint density at radius 3 is 2.43 bits per heavy atom. The minimum Gasteiger partial charge on any atom is -0.381 e. The SMILES string of the molecule is CC(C)C(c1ccccc1)N1CCOC2(CCOCC2)C1. The van der Waals surface area contributed by atoms with E-state index in [1.54, 1.807) is 0 Å². The highest BCUT2D eigenvalue weighted by Gasteiger charge is 2.40. The highest BCUT2D eigenvalue weighted by atomic mass is 16.5. The van der Waals surface area contributed by atoms with Gasteiger partial charge in [-0.05, 0) is 11.5 Å². The fourth-order valence-electron chi connectivity index (χ4n) is 3.83. The lowest BCUT2D eigenvalue weighted by molar-refractivity contribution is -0.163. The zero-order valence-corrected chi connectivity index (χ0v) is 13.3. The van der Waals surface area contributed by atoms with Crippen LogP contribution in [0.3, 0.4) is 0 Å². The van der Waals surface area contributed by atoms with Crippen LogP contribution in [0.2, 0.25) is 0 Å². The van der Waals surface area contributed by atoms with Gasteiger partial charge in [-0.1, -0.05) is 44.2 Å². The van der Waals surface area contributed by atoms with Gasteiger partial charge in [-0.3, -0.25) is 4.90 Å². The summed E-state index contributed by atoms with van der Waals surface area (Å²) in [7, 11) is 0. The molecule has 1 atom stereocenters. The van der Waals surface area contributed by atoms with E-state index in [9.17, 15) is 0 Å². The van der Waals surface area contributed by atoms with Crippen LogP contribution < -0.4 is 0 Å². The highest BCUT2D eigenvalue weighted by molar-refractivity contribution is 5.20. The fraction of sp³-hybridized carbons (Fsp3) is 0.667. The summed E-state index contributed by atoms with van der Waals surface area (Å²) in [4.78, 5) is 2.63. The third-order valence-electron chi connectivity index (χ3n) is 4.85. The van der Waals surface area contributed by atoms with Gasteiger partial charge in [0.2, 0.25) is 0 Å². The van der Waals surface area contributed by atoms with Crippen LogP contribution in [0.1, 0.15) is 38.3 Å². The largest absolute Gasteiger partial charge is 0.381 e. The first-order chi connectivity index (χ1) is 10.2. The van der Waals surface area contributed by atoms with Crippen molar-refractivity contribution in [1.29, 1.82) is 0 Å². The van der Waals surface area contributed by atoms with E-state index in [4.69, 9.17) is 9.47 Å². The maximum Gasteiger partial charge on any atom is 0.0853 e. The average molecular weight is 289 g/mol. The van der Waals surface area contributed by atoms with Gasteiger partial charge in [-0.25, -0.2) is 0 Å². The highest BCUT2D eigenvalue weighted by Crippen LogP contribution is 2.36. The van der Waals surface area contributed by atoms with Gasteiger partial charge in [-0.15, -0.1) is 0 Å². The van der Waals surface area contributed by atoms with E-state index in [-0.39, 0.29) is 5.60 Å². The predicted octanol–water partition coefficient (Wildman–Crippen LogP) is 3.27. The van der Waals surface area contributed by atoms with E-state index in [1.165, 1.54) is 5.56 Å². The Hall–Kier alpha value is -0.900. The summed E-state index contributed by atoms with van der Waals surface area (Å²) in [6.07, 6.45) is 2.06. The van der Waals surface area contributed by atoms with E-state index < -0.39 is 0 Å². The summed E-state index contributed by atoms with van der Waals surface area (Å²) < 4.78 is 11.7. The number of nitrogens with zero attached hydrogens (tertiary/aromatic N) is 1. The first-order valence-corrected chi connectivity index (χ1v) is 8.21. The van der Waals surface area contributed by atoms with Crippen molar-refractivity contribution in [1.82, 2.24) is 4.90 Å². The molecule has 3 nitrogen and oxygen atoms in total. The Balaban J connectivity index is 1.79. The molecule has 1 spiro atoms. The lowest BCUT2D eigenvalue weighted by atomic mass is 9.88. The summed E-state index contributed by atoms with van der Waals surface area (Å²) in [5, 5.41) is 0.